The Morgan fingerprint density at radius 2 is 2.12 bits per heavy atom. The Morgan fingerprint density at radius 3 is 2.91 bits per heavy atom. The molecule has 1 aliphatic heterocycles. The maximum atomic E-state index is 14.9. The predicted molar refractivity (Wildman–Crippen MR) is 120 cm³/mol. The van der Waals surface area contributed by atoms with Gasteiger partial charge in [0.05, 0.1) is 18.5 Å². The zero-order valence-electron chi connectivity index (χ0n) is 18.7. The lowest BCUT2D eigenvalue weighted by Gasteiger charge is -2.24. The van der Waals surface area contributed by atoms with Gasteiger partial charge in [0.1, 0.15) is 18.1 Å². The molecule has 0 saturated carbocycles. The molecule has 1 aromatic carbocycles. The van der Waals surface area contributed by atoms with E-state index in [9.17, 15) is 9.18 Å². The first kappa shape index (κ1) is 22.9. The normalized spacial score (nSPS) is 15.9. The third kappa shape index (κ3) is 5.96. The first-order chi connectivity index (χ1) is 16.1. The monoisotopic (exact) mass is 453 g/mol. The van der Waals surface area contributed by atoms with E-state index in [1.165, 1.54) is 12.3 Å². The van der Waals surface area contributed by atoms with Crippen molar-refractivity contribution in [3.8, 4) is 17.1 Å². The SMILES string of the molecule is CCOC(=O)CCc1cccc(COc2cnc(-c3ccnn3C3CCCCO3)c(F)c2)c1. The number of pyridine rings is 1. The fourth-order valence-electron chi connectivity index (χ4n) is 3.86. The van der Waals surface area contributed by atoms with Gasteiger partial charge in [-0.1, -0.05) is 24.3 Å². The molecule has 2 aromatic heterocycles. The second kappa shape index (κ2) is 11.0. The molecule has 1 aliphatic rings. The number of halogens is 1. The van der Waals surface area contributed by atoms with Gasteiger partial charge in [-0.25, -0.2) is 14.1 Å². The summed E-state index contributed by atoms with van der Waals surface area (Å²) >= 11 is 0. The van der Waals surface area contributed by atoms with Crippen molar-refractivity contribution in [3.63, 3.8) is 0 Å². The molecule has 0 bridgehead atoms. The van der Waals surface area contributed by atoms with Crippen LogP contribution in [-0.2, 0) is 27.3 Å². The van der Waals surface area contributed by atoms with Crippen LogP contribution in [-0.4, -0.2) is 33.9 Å². The number of hydrogen-bond donors (Lipinski definition) is 0. The number of rotatable bonds is 9. The van der Waals surface area contributed by atoms with Gasteiger partial charge in [0.2, 0.25) is 0 Å². The number of benzene rings is 1. The van der Waals surface area contributed by atoms with Crippen molar-refractivity contribution in [2.45, 2.75) is 51.9 Å². The van der Waals surface area contributed by atoms with E-state index in [0.29, 0.717) is 37.5 Å². The molecule has 0 spiro atoms. The molecule has 174 valence electrons. The Labute approximate surface area is 192 Å². The highest BCUT2D eigenvalue weighted by Gasteiger charge is 2.22. The van der Waals surface area contributed by atoms with Crippen LogP contribution >= 0.6 is 0 Å². The summed E-state index contributed by atoms with van der Waals surface area (Å²) < 4.78 is 33.1. The average molecular weight is 454 g/mol. The third-order valence-corrected chi connectivity index (χ3v) is 5.48. The molecule has 0 N–H and O–H groups in total. The van der Waals surface area contributed by atoms with Crippen LogP contribution < -0.4 is 4.74 Å². The smallest absolute Gasteiger partial charge is 0.306 e. The number of nitrogens with zero attached hydrogens (tertiary/aromatic N) is 3. The van der Waals surface area contributed by atoms with E-state index in [-0.39, 0.29) is 24.5 Å². The predicted octanol–water partition coefficient (Wildman–Crippen LogP) is 4.86. The molecule has 3 heterocycles. The van der Waals surface area contributed by atoms with Crippen molar-refractivity contribution in [1.29, 1.82) is 0 Å². The molecule has 0 aliphatic carbocycles. The molecule has 33 heavy (non-hydrogen) atoms. The lowest BCUT2D eigenvalue weighted by Crippen LogP contribution is -2.20. The first-order valence-corrected chi connectivity index (χ1v) is 11.3. The van der Waals surface area contributed by atoms with Crippen LogP contribution in [0.15, 0.2) is 48.8 Å². The summed E-state index contributed by atoms with van der Waals surface area (Å²) in [6.07, 6.45) is 6.80. The summed E-state index contributed by atoms with van der Waals surface area (Å²) in [7, 11) is 0. The highest BCUT2D eigenvalue weighted by atomic mass is 19.1. The maximum absolute atomic E-state index is 14.9. The fourth-order valence-corrected chi connectivity index (χ4v) is 3.86. The van der Waals surface area contributed by atoms with Crippen molar-refractivity contribution < 1.29 is 23.4 Å². The van der Waals surface area contributed by atoms with Gasteiger partial charge in [0.25, 0.3) is 0 Å². The standard InChI is InChI=1S/C25H28FN3O4/c1-2-31-24(30)10-9-18-6-5-7-19(14-18)17-33-20-15-21(26)25(27-16-20)22-11-12-28-29(22)23-8-3-4-13-32-23/h5-7,11-12,14-16,23H,2-4,8-10,13,17H2,1H3. The van der Waals surface area contributed by atoms with Gasteiger partial charge in [0, 0.05) is 25.3 Å². The molecule has 1 saturated heterocycles. The minimum atomic E-state index is -0.478. The summed E-state index contributed by atoms with van der Waals surface area (Å²) in [5, 5.41) is 4.32. The number of carbonyl (C=O) groups is 1. The van der Waals surface area contributed by atoms with Gasteiger partial charge < -0.3 is 14.2 Å². The van der Waals surface area contributed by atoms with E-state index < -0.39 is 5.82 Å². The van der Waals surface area contributed by atoms with Crippen LogP contribution in [0.4, 0.5) is 4.39 Å². The molecule has 8 heteroatoms. The summed E-state index contributed by atoms with van der Waals surface area (Å²) in [4.78, 5) is 15.9. The Hall–Kier alpha value is -3.26. The van der Waals surface area contributed by atoms with Crippen LogP contribution in [0.2, 0.25) is 0 Å². The zero-order valence-corrected chi connectivity index (χ0v) is 18.7. The molecular weight excluding hydrogens is 425 g/mol. The lowest BCUT2D eigenvalue weighted by molar-refractivity contribution is -0.143. The van der Waals surface area contributed by atoms with E-state index in [1.807, 2.05) is 24.3 Å². The Bertz CT molecular complexity index is 1080. The number of carbonyl (C=O) groups excluding carboxylic acids is 1. The Morgan fingerprint density at radius 1 is 1.24 bits per heavy atom. The average Bonchev–Trinajstić information content (AvgIpc) is 3.32. The van der Waals surface area contributed by atoms with Crippen LogP contribution in [0.25, 0.3) is 11.4 Å². The highest BCUT2D eigenvalue weighted by molar-refractivity contribution is 5.69. The van der Waals surface area contributed by atoms with Gasteiger partial charge in [0.15, 0.2) is 12.0 Å². The maximum Gasteiger partial charge on any atom is 0.306 e. The minimum Gasteiger partial charge on any atom is -0.487 e. The molecule has 1 unspecified atom stereocenters. The van der Waals surface area contributed by atoms with E-state index in [0.717, 1.165) is 30.4 Å². The van der Waals surface area contributed by atoms with Gasteiger partial charge in [-0.2, -0.15) is 5.10 Å². The van der Waals surface area contributed by atoms with E-state index >= 15 is 0 Å². The number of hydrogen-bond acceptors (Lipinski definition) is 6. The van der Waals surface area contributed by atoms with Gasteiger partial charge >= 0.3 is 5.97 Å². The number of ether oxygens (including phenoxy) is 3. The van der Waals surface area contributed by atoms with E-state index in [1.54, 1.807) is 23.9 Å². The van der Waals surface area contributed by atoms with Crippen molar-refractivity contribution >= 4 is 5.97 Å². The summed E-state index contributed by atoms with van der Waals surface area (Å²) in [5.74, 6) is -0.349. The van der Waals surface area contributed by atoms with Crippen molar-refractivity contribution in [1.82, 2.24) is 14.8 Å². The van der Waals surface area contributed by atoms with Gasteiger partial charge in [-0.15, -0.1) is 0 Å². The molecule has 7 nitrogen and oxygen atoms in total. The van der Waals surface area contributed by atoms with Crippen molar-refractivity contribution in [3.05, 3.63) is 65.7 Å². The fraction of sp³-hybridized carbons (Fsp3) is 0.400. The molecular formula is C25H28FN3O4. The zero-order chi connectivity index (χ0) is 23.0. The van der Waals surface area contributed by atoms with Crippen LogP contribution in [0.3, 0.4) is 0 Å². The van der Waals surface area contributed by atoms with Gasteiger partial charge in [-0.3, -0.25) is 4.79 Å². The number of esters is 1. The molecule has 0 radical (unpaired) electrons. The quantitative estimate of drug-likeness (QED) is 0.431. The largest absolute Gasteiger partial charge is 0.487 e. The third-order valence-electron chi connectivity index (χ3n) is 5.48. The van der Waals surface area contributed by atoms with Gasteiger partial charge in [-0.05, 0) is 49.8 Å². The van der Waals surface area contributed by atoms with Crippen LogP contribution in [0.5, 0.6) is 5.75 Å². The molecule has 0 amide bonds. The van der Waals surface area contributed by atoms with E-state index in [4.69, 9.17) is 14.2 Å². The first-order valence-electron chi connectivity index (χ1n) is 11.3. The summed E-state index contributed by atoms with van der Waals surface area (Å²) in [5.41, 5.74) is 2.74. The van der Waals surface area contributed by atoms with Crippen LogP contribution in [0, 0.1) is 5.82 Å². The Kier molecular flexibility index (Phi) is 7.67. The second-order valence-electron chi connectivity index (χ2n) is 7.90. The van der Waals surface area contributed by atoms with E-state index in [2.05, 4.69) is 10.1 Å². The molecule has 4 rings (SSSR count). The van der Waals surface area contributed by atoms with Crippen LogP contribution in [0.1, 0.15) is 50.0 Å². The lowest BCUT2D eigenvalue weighted by atomic mass is 10.1. The Balaban J connectivity index is 1.39. The highest BCUT2D eigenvalue weighted by Crippen LogP contribution is 2.29. The number of aryl methyl sites for hydroxylation is 1. The summed E-state index contributed by atoms with van der Waals surface area (Å²) in [6.45, 7) is 3.12. The summed E-state index contributed by atoms with van der Waals surface area (Å²) in [6, 6.07) is 10.8. The molecule has 3 aromatic rings. The number of aromatic nitrogens is 3. The topological polar surface area (TPSA) is 75.5 Å². The molecule has 1 fully saturated rings. The minimum absolute atomic E-state index is 0.197. The van der Waals surface area contributed by atoms with Crippen molar-refractivity contribution in [2.75, 3.05) is 13.2 Å². The second-order valence-corrected chi connectivity index (χ2v) is 7.90. The molecule has 1 atom stereocenters. The van der Waals surface area contributed by atoms with Crippen molar-refractivity contribution in [2.24, 2.45) is 0 Å².